The Labute approximate surface area is 134 Å². The number of carbonyl (C=O) groups excluding carboxylic acids is 2. The van der Waals surface area contributed by atoms with Crippen LogP contribution >= 0.6 is 0 Å². The van der Waals surface area contributed by atoms with Crippen LogP contribution in [0.5, 0.6) is 0 Å². The number of likely N-dealkylation sites (N-methyl/N-ethyl adjacent to an activating group) is 1. The Bertz CT molecular complexity index is 754. The van der Waals surface area contributed by atoms with Gasteiger partial charge in [0, 0.05) is 33.5 Å². The van der Waals surface area contributed by atoms with E-state index in [4.69, 9.17) is 0 Å². The van der Waals surface area contributed by atoms with E-state index in [1.165, 1.54) is 0 Å². The number of aromatic nitrogens is 2. The number of carbonyl (C=O) groups is 2. The van der Waals surface area contributed by atoms with Crippen molar-refractivity contribution in [1.82, 2.24) is 19.8 Å². The lowest BCUT2D eigenvalue weighted by molar-refractivity contribution is -0.119. The van der Waals surface area contributed by atoms with Crippen molar-refractivity contribution in [3.63, 3.8) is 0 Å². The molecule has 0 bridgehead atoms. The summed E-state index contributed by atoms with van der Waals surface area (Å²) in [7, 11) is 5.20. The molecular formula is C16H19N5O2. The van der Waals surface area contributed by atoms with Gasteiger partial charge in [0.25, 0.3) is 5.91 Å². The third kappa shape index (κ3) is 2.44. The van der Waals surface area contributed by atoms with E-state index in [2.05, 4.69) is 10.3 Å². The third-order valence-corrected chi connectivity index (χ3v) is 4.11. The van der Waals surface area contributed by atoms with Crippen molar-refractivity contribution in [2.45, 2.75) is 6.17 Å². The van der Waals surface area contributed by atoms with E-state index in [0.29, 0.717) is 11.4 Å². The minimum absolute atomic E-state index is 0.0817. The summed E-state index contributed by atoms with van der Waals surface area (Å²) < 4.78 is 1.86. The van der Waals surface area contributed by atoms with Crippen LogP contribution in [0.1, 0.15) is 22.3 Å². The first kappa shape index (κ1) is 15.1. The monoisotopic (exact) mass is 313 g/mol. The Hall–Kier alpha value is -2.83. The van der Waals surface area contributed by atoms with Gasteiger partial charge in [0.1, 0.15) is 0 Å². The zero-order valence-corrected chi connectivity index (χ0v) is 13.4. The standard InChI is InChI=1S/C16H19N5O2/c1-17-13(22)10-21-12-7-5-4-6-11(12)16(23)20(3)15(21)14-18-8-9-19(14)2/h4-9,15H,10H2,1-3H3,(H,17,22)/t15-/m1/s1. The number of nitrogens with one attached hydrogen (secondary N) is 1. The molecule has 23 heavy (non-hydrogen) atoms. The van der Waals surface area contributed by atoms with Crippen LogP contribution in [0.25, 0.3) is 0 Å². The summed E-state index contributed by atoms with van der Waals surface area (Å²) in [6.07, 6.45) is 3.08. The van der Waals surface area contributed by atoms with E-state index in [9.17, 15) is 9.59 Å². The summed E-state index contributed by atoms with van der Waals surface area (Å²) >= 11 is 0. The summed E-state index contributed by atoms with van der Waals surface area (Å²) in [4.78, 5) is 32.6. The molecule has 2 amide bonds. The van der Waals surface area contributed by atoms with E-state index in [1.54, 1.807) is 31.3 Å². The van der Waals surface area contributed by atoms with Gasteiger partial charge in [0.15, 0.2) is 12.0 Å². The highest BCUT2D eigenvalue weighted by Crippen LogP contribution is 2.36. The fraction of sp³-hybridized carbons (Fsp3) is 0.312. The van der Waals surface area contributed by atoms with Gasteiger partial charge >= 0.3 is 0 Å². The van der Waals surface area contributed by atoms with Crippen LogP contribution in [0, 0.1) is 0 Å². The van der Waals surface area contributed by atoms with Crippen LogP contribution < -0.4 is 10.2 Å². The molecule has 7 heteroatoms. The normalized spacial score (nSPS) is 17.2. The Morgan fingerprint density at radius 2 is 2.04 bits per heavy atom. The molecule has 7 nitrogen and oxygen atoms in total. The highest BCUT2D eigenvalue weighted by molar-refractivity contribution is 6.02. The Balaban J connectivity index is 2.14. The quantitative estimate of drug-likeness (QED) is 0.908. The number of aryl methyl sites for hydroxylation is 1. The molecule has 0 spiro atoms. The maximum absolute atomic E-state index is 12.7. The fourth-order valence-electron chi connectivity index (χ4n) is 2.89. The van der Waals surface area contributed by atoms with Gasteiger partial charge in [-0.1, -0.05) is 12.1 Å². The molecular weight excluding hydrogens is 294 g/mol. The molecule has 0 radical (unpaired) electrons. The average molecular weight is 313 g/mol. The number of hydrogen-bond acceptors (Lipinski definition) is 4. The van der Waals surface area contributed by atoms with Crippen LogP contribution in [-0.4, -0.2) is 46.9 Å². The second-order valence-corrected chi connectivity index (χ2v) is 5.50. The molecule has 0 saturated heterocycles. The Morgan fingerprint density at radius 1 is 1.30 bits per heavy atom. The minimum Gasteiger partial charge on any atom is -0.358 e. The zero-order chi connectivity index (χ0) is 16.6. The van der Waals surface area contributed by atoms with Gasteiger partial charge in [-0.2, -0.15) is 0 Å². The van der Waals surface area contributed by atoms with E-state index in [-0.39, 0.29) is 18.4 Å². The Kier molecular flexibility index (Phi) is 3.77. The molecule has 0 aliphatic carbocycles. The highest BCUT2D eigenvalue weighted by Gasteiger charge is 2.38. The maximum Gasteiger partial charge on any atom is 0.257 e. The Morgan fingerprint density at radius 3 is 2.70 bits per heavy atom. The minimum atomic E-state index is -0.435. The van der Waals surface area contributed by atoms with Crippen molar-refractivity contribution in [3.8, 4) is 0 Å². The molecule has 1 aromatic carbocycles. The van der Waals surface area contributed by atoms with Crippen molar-refractivity contribution < 1.29 is 9.59 Å². The molecule has 2 aromatic rings. The molecule has 1 aromatic heterocycles. The topological polar surface area (TPSA) is 70.5 Å². The predicted octanol–water partition coefficient (Wildman–Crippen LogP) is 0.757. The molecule has 1 N–H and O–H groups in total. The van der Waals surface area contributed by atoms with Crippen molar-refractivity contribution >= 4 is 17.5 Å². The molecule has 0 unspecified atom stereocenters. The van der Waals surface area contributed by atoms with Crippen LogP contribution in [0.3, 0.4) is 0 Å². The summed E-state index contributed by atoms with van der Waals surface area (Å²) in [6.45, 7) is 0.142. The fourth-order valence-corrected chi connectivity index (χ4v) is 2.89. The van der Waals surface area contributed by atoms with Crippen molar-refractivity contribution in [1.29, 1.82) is 0 Å². The van der Waals surface area contributed by atoms with Gasteiger partial charge in [-0.3, -0.25) is 9.59 Å². The van der Waals surface area contributed by atoms with Gasteiger partial charge in [0.2, 0.25) is 5.91 Å². The third-order valence-electron chi connectivity index (χ3n) is 4.11. The number of amides is 2. The van der Waals surface area contributed by atoms with Crippen molar-refractivity contribution in [2.24, 2.45) is 7.05 Å². The summed E-state index contributed by atoms with van der Waals surface area (Å²) in [5.74, 6) is 0.503. The number of benzene rings is 1. The summed E-state index contributed by atoms with van der Waals surface area (Å²) in [5, 5.41) is 2.64. The SMILES string of the molecule is CNC(=O)CN1c2ccccc2C(=O)N(C)[C@H]1c1nccn1C. The lowest BCUT2D eigenvalue weighted by Crippen LogP contribution is -2.51. The lowest BCUT2D eigenvalue weighted by atomic mass is 10.1. The van der Waals surface area contributed by atoms with Gasteiger partial charge in [-0.25, -0.2) is 4.98 Å². The smallest absolute Gasteiger partial charge is 0.257 e. The number of imidazole rings is 1. The maximum atomic E-state index is 12.7. The molecule has 0 saturated carbocycles. The first-order chi connectivity index (χ1) is 11.0. The van der Waals surface area contributed by atoms with E-state index >= 15 is 0 Å². The number of fused-ring (bicyclic) bond motifs is 1. The van der Waals surface area contributed by atoms with E-state index < -0.39 is 6.17 Å². The van der Waals surface area contributed by atoms with Gasteiger partial charge < -0.3 is 19.7 Å². The largest absolute Gasteiger partial charge is 0.358 e. The molecule has 120 valence electrons. The second-order valence-electron chi connectivity index (χ2n) is 5.50. The first-order valence-corrected chi connectivity index (χ1v) is 7.35. The van der Waals surface area contributed by atoms with E-state index in [1.807, 2.05) is 40.9 Å². The summed E-state index contributed by atoms with van der Waals surface area (Å²) in [5.41, 5.74) is 1.33. The number of rotatable bonds is 3. The number of nitrogens with zero attached hydrogens (tertiary/aromatic N) is 4. The number of anilines is 1. The van der Waals surface area contributed by atoms with Gasteiger partial charge in [-0.15, -0.1) is 0 Å². The van der Waals surface area contributed by atoms with Crippen molar-refractivity contribution in [2.75, 3.05) is 25.5 Å². The summed E-state index contributed by atoms with van der Waals surface area (Å²) in [6, 6.07) is 7.33. The molecule has 3 rings (SSSR count). The van der Waals surface area contributed by atoms with Gasteiger partial charge in [0.05, 0.1) is 17.8 Å². The van der Waals surface area contributed by atoms with Crippen LogP contribution in [-0.2, 0) is 11.8 Å². The molecule has 1 aliphatic rings. The van der Waals surface area contributed by atoms with Crippen LogP contribution in [0.2, 0.25) is 0 Å². The van der Waals surface area contributed by atoms with Crippen LogP contribution in [0.15, 0.2) is 36.7 Å². The molecule has 1 atom stereocenters. The zero-order valence-electron chi connectivity index (χ0n) is 13.4. The van der Waals surface area contributed by atoms with Crippen LogP contribution in [0.4, 0.5) is 5.69 Å². The molecule has 0 fully saturated rings. The lowest BCUT2D eigenvalue weighted by Gasteiger charge is -2.43. The molecule has 2 heterocycles. The van der Waals surface area contributed by atoms with E-state index in [0.717, 1.165) is 5.69 Å². The number of para-hydroxylation sites is 1. The van der Waals surface area contributed by atoms with Gasteiger partial charge in [-0.05, 0) is 12.1 Å². The highest BCUT2D eigenvalue weighted by atomic mass is 16.2. The van der Waals surface area contributed by atoms with Crippen molar-refractivity contribution in [3.05, 3.63) is 48.0 Å². The molecule has 1 aliphatic heterocycles. The predicted molar refractivity (Wildman–Crippen MR) is 85.9 cm³/mol. The number of hydrogen-bond donors (Lipinski definition) is 1. The average Bonchev–Trinajstić information content (AvgIpc) is 2.98. The second kappa shape index (κ2) is 5.75. The first-order valence-electron chi connectivity index (χ1n) is 7.35.